The van der Waals surface area contributed by atoms with Gasteiger partial charge in [0.05, 0.1) is 19.1 Å². The summed E-state index contributed by atoms with van der Waals surface area (Å²) in [7, 11) is 1.33. The van der Waals surface area contributed by atoms with Crippen LogP contribution in [0.2, 0.25) is 0 Å². The fourth-order valence-corrected chi connectivity index (χ4v) is 1.82. The van der Waals surface area contributed by atoms with Crippen molar-refractivity contribution in [1.29, 1.82) is 0 Å². The number of anilines is 1. The number of nitrogens with zero attached hydrogens (tertiary/aromatic N) is 1. The van der Waals surface area contributed by atoms with E-state index in [-0.39, 0.29) is 18.3 Å². The highest BCUT2D eigenvalue weighted by Crippen LogP contribution is 2.17. The van der Waals surface area contributed by atoms with Crippen LogP contribution in [0, 0.1) is 6.92 Å². The van der Waals surface area contributed by atoms with Crippen molar-refractivity contribution in [1.82, 2.24) is 4.98 Å². The van der Waals surface area contributed by atoms with Gasteiger partial charge in [-0.1, -0.05) is 18.2 Å². The summed E-state index contributed by atoms with van der Waals surface area (Å²) in [5, 5.41) is 2.79. The molecule has 0 fully saturated rings. The molecule has 0 unspecified atom stereocenters. The molecule has 0 bridgehead atoms. The number of amides is 1. The van der Waals surface area contributed by atoms with Gasteiger partial charge in [0.1, 0.15) is 0 Å². The van der Waals surface area contributed by atoms with Crippen LogP contribution < -0.4 is 5.32 Å². The fourth-order valence-electron chi connectivity index (χ4n) is 1.82. The summed E-state index contributed by atoms with van der Waals surface area (Å²) < 4.78 is 4.65. The predicted molar refractivity (Wildman–Crippen MR) is 79.1 cm³/mol. The molecule has 108 valence electrons. The van der Waals surface area contributed by atoms with Gasteiger partial charge in [-0.05, 0) is 30.7 Å². The number of methoxy groups -OCH3 is 1. The van der Waals surface area contributed by atoms with Gasteiger partial charge >= 0.3 is 5.97 Å². The smallest absolute Gasteiger partial charge is 0.310 e. The number of nitrogens with one attached hydrogen (secondary N) is 1. The van der Waals surface area contributed by atoms with Gasteiger partial charge in [0.15, 0.2) is 0 Å². The van der Waals surface area contributed by atoms with Crippen LogP contribution in [0.1, 0.15) is 21.6 Å². The van der Waals surface area contributed by atoms with Gasteiger partial charge in [0.2, 0.25) is 0 Å². The monoisotopic (exact) mass is 284 g/mol. The molecule has 2 rings (SSSR count). The number of pyridine rings is 1. The first-order valence-corrected chi connectivity index (χ1v) is 6.49. The Hall–Kier alpha value is -2.69. The van der Waals surface area contributed by atoms with Crippen molar-refractivity contribution in [3.8, 4) is 0 Å². The molecule has 0 aliphatic carbocycles. The lowest BCUT2D eigenvalue weighted by atomic mass is 10.1. The van der Waals surface area contributed by atoms with Crippen molar-refractivity contribution in [3.05, 3.63) is 59.4 Å². The van der Waals surface area contributed by atoms with Gasteiger partial charge in [-0.15, -0.1) is 0 Å². The third-order valence-corrected chi connectivity index (χ3v) is 3.00. The fraction of sp³-hybridized carbons (Fsp3) is 0.188. The first-order valence-electron chi connectivity index (χ1n) is 6.49. The number of para-hydroxylation sites is 1. The molecule has 0 saturated carbocycles. The van der Waals surface area contributed by atoms with Gasteiger partial charge in [-0.2, -0.15) is 0 Å². The largest absolute Gasteiger partial charge is 0.469 e. The molecule has 0 atom stereocenters. The number of benzene rings is 1. The molecule has 2 aromatic rings. The second-order valence-corrected chi connectivity index (χ2v) is 4.55. The topological polar surface area (TPSA) is 68.3 Å². The summed E-state index contributed by atoms with van der Waals surface area (Å²) in [4.78, 5) is 27.6. The minimum atomic E-state index is -0.353. The van der Waals surface area contributed by atoms with Crippen LogP contribution in [0.5, 0.6) is 0 Å². The molecule has 21 heavy (non-hydrogen) atoms. The standard InChI is InChI=1S/C16H16N2O3/c1-11-7-8-13(10-17-11)16(20)18-14-6-4-3-5-12(14)9-15(19)21-2/h3-8,10H,9H2,1-2H3,(H,18,20). The van der Waals surface area contributed by atoms with Crippen LogP contribution in [-0.2, 0) is 16.0 Å². The lowest BCUT2D eigenvalue weighted by Gasteiger charge is -2.10. The average molecular weight is 284 g/mol. The van der Waals surface area contributed by atoms with Gasteiger partial charge in [-0.25, -0.2) is 0 Å². The van der Waals surface area contributed by atoms with Gasteiger partial charge in [0.25, 0.3) is 5.91 Å². The normalized spacial score (nSPS) is 10.0. The first kappa shape index (κ1) is 14.7. The minimum Gasteiger partial charge on any atom is -0.469 e. The molecule has 1 aromatic heterocycles. The Balaban J connectivity index is 2.17. The van der Waals surface area contributed by atoms with Crippen molar-refractivity contribution < 1.29 is 14.3 Å². The maximum Gasteiger partial charge on any atom is 0.310 e. The third-order valence-electron chi connectivity index (χ3n) is 3.00. The van der Waals surface area contributed by atoms with Gasteiger partial charge in [-0.3, -0.25) is 14.6 Å². The molecule has 5 heteroatoms. The highest BCUT2D eigenvalue weighted by atomic mass is 16.5. The summed E-state index contributed by atoms with van der Waals surface area (Å²) in [6.45, 7) is 1.85. The maximum absolute atomic E-state index is 12.2. The summed E-state index contributed by atoms with van der Waals surface area (Å²) >= 11 is 0. The number of ether oxygens (including phenoxy) is 1. The van der Waals surface area contributed by atoms with Gasteiger partial charge in [0, 0.05) is 17.6 Å². The maximum atomic E-state index is 12.2. The predicted octanol–water partition coefficient (Wildman–Crippen LogP) is 2.36. The second kappa shape index (κ2) is 6.65. The van der Waals surface area contributed by atoms with Crippen LogP contribution in [0.15, 0.2) is 42.6 Å². The van der Waals surface area contributed by atoms with E-state index < -0.39 is 0 Å². The summed E-state index contributed by atoms with van der Waals surface area (Å²) in [6.07, 6.45) is 1.63. The molecule has 1 amide bonds. The van der Waals surface area contributed by atoms with Gasteiger partial charge < -0.3 is 10.1 Å². The Kier molecular flexibility index (Phi) is 4.66. The van der Waals surface area contributed by atoms with Crippen molar-refractivity contribution in [2.75, 3.05) is 12.4 Å². The van der Waals surface area contributed by atoms with Crippen LogP contribution in [0.4, 0.5) is 5.69 Å². The molecule has 0 saturated heterocycles. The number of esters is 1. The van der Waals surface area contributed by atoms with Crippen molar-refractivity contribution in [2.24, 2.45) is 0 Å². The zero-order valence-corrected chi connectivity index (χ0v) is 11.9. The number of aryl methyl sites for hydroxylation is 1. The zero-order chi connectivity index (χ0) is 15.2. The van der Waals surface area contributed by atoms with E-state index in [0.29, 0.717) is 16.8 Å². The summed E-state index contributed by atoms with van der Waals surface area (Å²) in [5.41, 5.74) is 2.61. The highest BCUT2D eigenvalue weighted by Gasteiger charge is 2.11. The molecule has 0 spiro atoms. The van der Waals surface area contributed by atoms with Crippen LogP contribution >= 0.6 is 0 Å². The number of hydrogen-bond donors (Lipinski definition) is 1. The quantitative estimate of drug-likeness (QED) is 0.875. The van der Waals surface area contributed by atoms with Crippen LogP contribution in [-0.4, -0.2) is 24.0 Å². The SMILES string of the molecule is COC(=O)Cc1ccccc1NC(=O)c1ccc(C)nc1. The van der Waals surface area contributed by atoms with E-state index in [2.05, 4.69) is 15.0 Å². The van der Waals surface area contributed by atoms with E-state index in [9.17, 15) is 9.59 Å². The molecule has 1 aromatic carbocycles. The lowest BCUT2D eigenvalue weighted by molar-refractivity contribution is -0.139. The average Bonchev–Trinajstić information content (AvgIpc) is 2.49. The Morgan fingerprint density at radius 2 is 1.95 bits per heavy atom. The van der Waals surface area contributed by atoms with E-state index in [0.717, 1.165) is 5.69 Å². The number of carbonyl (C=O) groups excluding carboxylic acids is 2. The number of aromatic nitrogens is 1. The molecular weight excluding hydrogens is 268 g/mol. The van der Waals surface area contributed by atoms with E-state index >= 15 is 0 Å². The molecule has 0 aliphatic rings. The van der Waals surface area contributed by atoms with Crippen molar-refractivity contribution in [3.63, 3.8) is 0 Å². The zero-order valence-electron chi connectivity index (χ0n) is 11.9. The molecule has 0 radical (unpaired) electrons. The molecular formula is C16H16N2O3. The molecule has 1 N–H and O–H groups in total. The minimum absolute atomic E-state index is 0.110. The second-order valence-electron chi connectivity index (χ2n) is 4.55. The summed E-state index contributed by atoms with van der Waals surface area (Å²) in [5.74, 6) is -0.617. The number of hydrogen-bond acceptors (Lipinski definition) is 4. The molecule has 0 aliphatic heterocycles. The molecule has 5 nitrogen and oxygen atoms in total. The number of rotatable bonds is 4. The Morgan fingerprint density at radius 3 is 2.62 bits per heavy atom. The Labute approximate surface area is 123 Å². The summed E-state index contributed by atoms with van der Waals surface area (Å²) in [6, 6.07) is 10.6. The Bertz CT molecular complexity index is 651. The Morgan fingerprint density at radius 1 is 1.19 bits per heavy atom. The third kappa shape index (κ3) is 3.89. The van der Waals surface area contributed by atoms with E-state index in [1.165, 1.54) is 13.3 Å². The van der Waals surface area contributed by atoms with Crippen LogP contribution in [0.3, 0.4) is 0 Å². The van der Waals surface area contributed by atoms with E-state index in [1.807, 2.05) is 6.92 Å². The van der Waals surface area contributed by atoms with Crippen LogP contribution in [0.25, 0.3) is 0 Å². The lowest BCUT2D eigenvalue weighted by Crippen LogP contribution is -2.15. The highest BCUT2D eigenvalue weighted by molar-refractivity contribution is 6.04. The van der Waals surface area contributed by atoms with E-state index in [4.69, 9.17) is 0 Å². The van der Waals surface area contributed by atoms with E-state index in [1.54, 1.807) is 36.4 Å². The van der Waals surface area contributed by atoms with Crippen molar-refractivity contribution >= 4 is 17.6 Å². The van der Waals surface area contributed by atoms with Crippen molar-refractivity contribution in [2.45, 2.75) is 13.3 Å². The first-order chi connectivity index (χ1) is 10.1. The molecule has 1 heterocycles. The number of carbonyl (C=O) groups is 2.